The number of aryl methyl sites for hydroxylation is 1. The van der Waals surface area contributed by atoms with Gasteiger partial charge in [0, 0.05) is 68.5 Å². The van der Waals surface area contributed by atoms with Gasteiger partial charge < -0.3 is 14.4 Å². The minimum Gasteiger partial charge on any atom is -0.367 e. The van der Waals surface area contributed by atoms with E-state index in [1.54, 1.807) is 23.5 Å². The average Bonchev–Trinajstić information content (AvgIpc) is 3.21. The average molecular weight is 380 g/mol. The highest BCUT2D eigenvalue weighted by atomic mass is 32.1. The van der Waals surface area contributed by atoms with E-state index < -0.39 is 0 Å². The van der Waals surface area contributed by atoms with Gasteiger partial charge in [0.2, 0.25) is 0 Å². The first-order valence-corrected chi connectivity index (χ1v) is 9.91. The third kappa shape index (κ3) is 2.58. The molecule has 1 aliphatic rings. The van der Waals surface area contributed by atoms with E-state index in [4.69, 9.17) is 0 Å². The van der Waals surface area contributed by atoms with Crippen molar-refractivity contribution in [2.24, 2.45) is 7.05 Å². The van der Waals surface area contributed by atoms with Crippen LogP contribution in [0.1, 0.15) is 11.3 Å². The molecule has 0 saturated heterocycles. The second-order valence-corrected chi connectivity index (χ2v) is 8.37. The third-order valence-corrected chi connectivity index (χ3v) is 6.66. The number of hydrogen-bond donors (Lipinski definition) is 0. The monoisotopic (exact) mass is 380 g/mol. The smallest absolute Gasteiger partial charge is 0.185 e. The first kappa shape index (κ1) is 16.6. The predicted octanol–water partition coefficient (Wildman–Crippen LogP) is 4.56. The van der Waals surface area contributed by atoms with Crippen molar-refractivity contribution in [3.05, 3.63) is 53.5 Å². The summed E-state index contributed by atoms with van der Waals surface area (Å²) in [6.45, 7) is 1.77. The molecule has 0 fully saturated rings. The van der Waals surface area contributed by atoms with Gasteiger partial charge in [0.1, 0.15) is 5.82 Å². The van der Waals surface area contributed by atoms with Gasteiger partial charge in [-0.05, 0) is 36.4 Å². The zero-order chi connectivity index (χ0) is 18.7. The quantitative estimate of drug-likeness (QED) is 0.510. The van der Waals surface area contributed by atoms with Crippen molar-refractivity contribution in [1.29, 1.82) is 0 Å². The molecule has 4 aromatic rings. The van der Waals surface area contributed by atoms with Crippen LogP contribution < -0.4 is 9.80 Å². The summed E-state index contributed by atoms with van der Waals surface area (Å²) in [6, 6.07) is 11.6. The molecule has 4 nitrogen and oxygen atoms in total. The number of halogens is 1. The molecule has 27 heavy (non-hydrogen) atoms. The van der Waals surface area contributed by atoms with Crippen molar-refractivity contribution >= 4 is 43.3 Å². The minimum absolute atomic E-state index is 0.171. The summed E-state index contributed by atoms with van der Waals surface area (Å²) in [6.07, 6.45) is 0.964. The van der Waals surface area contributed by atoms with Crippen LogP contribution in [-0.4, -0.2) is 30.2 Å². The number of anilines is 2. The van der Waals surface area contributed by atoms with Crippen LogP contribution in [0.3, 0.4) is 0 Å². The van der Waals surface area contributed by atoms with E-state index in [0.717, 1.165) is 41.1 Å². The van der Waals surface area contributed by atoms with Crippen LogP contribution in [0, 0.1) is 5.82 Å². The fourth-order valence-corrected chi connectivity index (χ4v) is 4.98. The molecule has 138 valence electrons. The maximum atomic E-state index is 13.8. The van der Waals surface area contributed by atoms with Crippen molar-refractivity contribution in [1.82, 2.24) is 9.55 Å². The van der Waals surface area contributed by atoms with Crippen molar-refractivity contribution in [3.8, 4) is 0 Å². The highest BCUT2D eigenvalue weighted by molar-refractivity contribution is 7.22. The highest BCUT2D eigenvalue weighted by Crippen LogP contribution is 2.35. The lowest BCUT2D eigenvalue weighted by atomic mass is 10.0. The van der Waals surface area contributed by atoms with Crippen molar-refractivity contribution in [2.45, 2.75) is 13.0 Å². The van der Waals surface area contributed by atoms with E-state index in [2.05, 4.69) is 39.7 Å². The van der Waals surface area contributed by atoms with Crippen LogP contribution in [0.25, 0.3) is 21.1 Å². The largest absolute Gasteiger partial charge is 0.367 e. The number of rotatable bonds is 2. The first-order valence-electron chi connectivity index (χ1n) is 9.10. The molecule has 0 amide bonds. The van der Waals surface area contributed by atoms with E-state index in [-0.39, 0.29) is 5.82 Å². The Hall–Kier alpha value is -2.60. The molecule has 1 aliphatic heterocycles. The summed E-state index contributed by atoms with van der Waals surface area (Å²) < 4.78 is 17.3. The number of hydrogen-bond acceptors (Lipinski definition) is 4. The minimum atomic E-state index is -0.171. The SMILES string of the molecule is CN(C)c1nc2ccc(N3CCc4c(c5cc(F)ccc5n4C)C3)cc2s1. The van der Waals surface area contributed by atoms with Crippen LogP contribution >= 0.6 is 11.3 Å². The van der Waals surface area contributed by atoms with Crippen LogP contribution in [0.2, 0.25) is 0 Å². The van der Waals surface area contributed by atoms with Gasteiger partial charge >= 0.3 is 0 Å². The number of benzene rings is 2. The maximum absolute atomic E-state index is 13.8. The normalized spacial score (nSPS) is 14.1. The Morgan fingerprint density at radius 3 is 2.81 bits per heavy atom. The van der Waals surface area contributed by atoms with Gasteiger partial charge in [-0.2, -0.15) is 0 Å². The topological polar surface area (TPSA) is 24.3 Å². The number of aromatic nitrogens is 2. The predicted molar refractivity (Wildman–Crippen MR) is 112 cm³/mol. The summed E-state index contributed by atoms with van der Waals surface area (Å²) in [5, 5.41) is 2.05. The standard InChI is InChI=1S/C21H21FN4S/c1-24(2)21-23-17-6-5-14(11-20(17)27-21)26-9-8-19-16(12-26)15-10-13(22)4-7-18(15)25(19)3/h4-7,10-11H,8-9,12H2,1-3H3. The van der Waals surface area contributed by atoms with E-state index >= 15 is 0 Å². The van der Waals surface area contributed by atoms with Crippen LogP contribution in [0.5, 0.6) is 0 Å². The van der Waals surface area contributed by atoms with Gasteiger partial charge in [-0.25, -0.2) is 9.37 Å². The zero-order valence-electron chi connectivity index (χ0n) is 15.7. The van der Waals surface area contributed by atoms with Crippen molar-refractivity contribution in [3.63, 3.8) is 0 Å². The molecule has 0 aliphatic carbocycles. The molecule has 0 N–H and O–H groups in total. The van der Waals surface area contributed by atoms with Gasteiger partial charge in [-0.3, -0.25) is 0 Å². The van der Waals surface area contributed by atoms with E-state index in [1.165, 1.54) is 21.6 Å². The molecule has 0 saturated carbocycles. The van der Waals surface area contributed by atoms with Crippen LogP contribution in [-0.2, 0) is 20.0 Å². The van der Waals surface area contributed by atoms with Crippen LogP contribution in [0.4, 0.5) is 15.2 Å². The van der Waals surface area contributed by atoms with Gasteiger partial charge in [0.15, 0.2) is 5.13 Å². The summed E-state index contributed by atoms with van der Waals surface area (Å²) in [4.78, 5) is 9.10. The third-order valence-electron chi connectivity index (χ3n) is 5.47. The lowest BCUT2D eigenvalue weighted by Gasteiger charge is -2.30. The van der Waals surface area contributed by atoms with Gasteiger partial charge in [-0.1, -0.05) is 11.3 Å². The van der Waals surface area contributed by atoms with Crippen molar-refractivity contribution < 1.29 is 4.39 Å². The molecule has 0 atom stereocenters. The number of fused-ring (bicyclic) bond motifs is 4. The lowest BCUT2D eigenvalue weighted by molar-refractivity contribution is 0.629. The summed E-state index contributed by atoms with van der Waals surface area (Å²) >= 11 is 1.71. The maximum Gasteiger partial charge on any atom is 0.185 e. The van der Waals surface area contributed by atoms with Crippen molar-refractivity contribution in [2.75, 3.05) is 30.4 Å². The summed E-state index contributed by atoms with van der Waals surface area (Å²) in [7, 11) is 6.12. The van der Waals surface area contributed by atoms with Crippen LogP contribution in [0.15, 0.2) is 36.4 Å². The summed E-state index contributed by atoms with van der Waals surface area (Å²) in [5.41, 5.74) is 5.92. The van der Waals surface area contributed by atoms with E-state index in [9.17, 15) is 4.39 Å². The van der Waals surface area contributed by atoms with Gasteiger partial charge in [0.05, 0.1) is 10.2 Å². The molecular formula is C21H21FN4S. The second kappa shape index (κ2) is 5.96. The fourth-order valence-electron chi connectivity index (χ4n) is 4.06. The molecule has 0 radical (unpaired) electrons. The molecular weight excluding hydrogens is 359 g/mol. The Labute approximate surface area is 161 Å². The highest BCUT2D eigenvalue weighted by Gasteiger charge is 2.23. The molecule has 5 rings (SSSR count). The Morgan fingerprint density at radius 2 is 2.00 bits per heavy atom. The Morgan fingerprint density at radius 1 is 1.15 bits per heavy atom. The Bertz CT molecular complexity index is 1170. The fraction of sp³-hybridized carbons (Fsp3) is 0.286. The molecule has 0 bridgehead atoms. The molecule has 0 spiro atoms. The van der Waals surface area contributed by atoms with E-state index in [0.29, 0.717) is 0 Å². The summed E-state index contributed by atoms with van der Waals surface area (Å²) in [5.74, 6) is -0.171. The van der Waals surface area contributed by atoms with E-state index in [1.807, 2.05) is 25.1 Å². The molecule has 2 aromatic carbocycles. The molecule has 0 unspecified atom stereocenters. The molecule has 6 heteroatoms. The Balaban J connectivity index is 1.55. The first-order chi connectivity index (χ1) is 13.0. The number of thiazole rings is 1. The molecule has 2 aromatic heterocycles. The Kier molecular flexibility index (Phi) is 3.65. The second-order valence-electron chi connectivity index (χ2n) is 7.36. The van der Waals surface area contributed by atoms with Gasteiger partial charge in [0.25, 0.3) is 0 Å². The lowest BCUT2D eigenvalue weighted by Crippen LogP contribution is -2.30. The van der Waals surface area contributed by atoms with Gasteiger partial charge in [-0.15, -0.1) is 0 Å². The number of nitrogens with zero attached hydrogens (tertiary/aromatic N) is 4. The molecule has 3 heterocycles. The zero-order valence-corrected chi connectivity index (χ0v) is 16.5.